The standard InChI is InChI=1S/C20H29NO2.C20H29NO.C19H25NO2.C11H22O.C9H7NO.C8H7N.C2H6/c1-6-19-13(3)12(2)14(4)20(23-19)21-11-17(15(5)22)16-9-7-8-10-18(16)21;1-6-16-12-21(18-11-9-8-10-17(16)18)20-15(5)13(3)14(4)19(7-2)22-20;1-5-18-13(3)12(2)14(4)19(22-18)20-10-15(11-21)16-8-6-7-9-17(16)20;1-6-11-9(4)7(2)8(3)10(5)12-11;11-6-7-5-10-9-4-2-1-3-8(7)9;1-2-4-8-7(3-1)5-6-9-8;1-2/h7-15,19-20,22H,6H2,1-5H3;8-15,19-20H,6-7H2,1-5H3;6-14,18-19H,5H2,1-4H3;7-11H,6H2,1-5H3;1-6,10H;1-6,9H;1-2H3/t12-,13?,14+,15?,19+,20+;13-,14?,15+,19+,20+;12-,13?,14+,18+,19+;7-,8-,9?,10-,11-;;;/m0001.../s1. The van der Waals surface area contributed by atoms with Gasteiger partial charge in [0.1, 0.15) is 18.7 Å². The molecule has 5 aromatic carbocycles. The summed E-state index contributed by atoms with van der Waals surface area (Å²) in [5.74, 6) is 7.24. The van der Waals surface area contributed by atoms with Crippen molar-refractivity contribution in [2.24, 2.45) is 71.0 Å². The monoisotopic (exact) mass is 1380 g/mol. The van der Waals surface area contributed by atoms with Crippen LogP contribution in [0.15, 0.2) is 158 Å². The molecule has 21 atom stereocenters. The van der Waals surface area contributed by atoms with E-state index in [9.17, 15) is 14.7 Å². The van der Waals surface area contributed by atoms with Crippen LogP contribution in [-0.4, -0.2) is 71.9 Å². The largest absolute Gasteiger partial charge is 0.389 e. The van der Waals surface area contributed by atoms with Gasteiger partial charge in [0.25, 0.3) is 0 Å². The normalized spacial score (nSPS) is 29.6. The summed E-state index contributed by atoms with van der Waals surface area (Å²) in [6, 6.07) is 43.1. The fourth-order valence-electron chi connectivity index (χ4n) is 16.4. The zero-order valence-electron chi connectivity index (χ0n) is 65.1. The molecule has 5 aromatic heterocycles. The number of fused-ring (bicyclic) bond motifs is 5. The molecule has 0 saturated carbocycles. The maximum atomic E-state index is 11.4. The fourth-order valence-corrected chi connectivity index (χ4v) is 16.4. The maximum Gasteiger partial charge on any atom is 0.152 e. The van der Waals surface area contributed by atoms with Crippen LogP contribution in [0.2, 0.25) is 0 Å². The third-order valence-corrected chi connectivity index (χ3v) is 24.4. The Kier molecular flexibility index (Phi) is 29.1. The van der Waals surface area contributed by atoms with Crippen LogP contribution in [0.25, 0.3) is 54.5 Å². The Labute approximate surface area is 605 Å². The van der Waals surface area contributed by atoms with Crippen molar-refractivity contribution in [3.63, 3.8) is 0 Å². The summed E-state index contributed by atoms with van der Waals surface area (Å²) in [5.41, 5.74) is 9.63. The summed E-state index contributed by atoms with van der Waals surface area (Å²) in [5, 5.41) is 15.9. The SMILES string of the molecule is CC.CC[C@H]1O[C@@H](n2cc(C(C)O)c3ccccc32)[C@H](C)[C@@H](C)C1C.CC[C@H]1O[C@@H](n2cc(C=O)c3ccccc32)[C@H](C)[C@@H](C)C1C.CC[C@H]1O[C@H](C)[C@H](C)[C@@H](C)C1C.CCc1cn([C@@H]2O[C@H](CC)C(C)[C@H](C)[C@H]2C)c2ccccc12.O=Cc1c[nH]c2ccccc12.c1ccc2[nH]ccc2c1. The second-order valence-corrected chi connectivity index (χ2v) is 29.7. The highest BCUT2D eigenvalue weighted by Crippen LogP contribution is 2.46. The minimum absolute atomic E-state index is 0.00486. The molecule has 0 bridgehead atoms. The fraction of sp³-hybridized carbons (Fsp3) is 0.528. The average Bonchev–Trinajstić information content (AvgIpc) is 1.65. The summed E-state index contributed by atoms with van der Waals surface area (Å²) in [6.45, 7) is 47.0. The van der Waals surface area contributed by atoms with Gasteiger partial charge < -0.3 is 47.7 Å². The molecule has 9 heterocycles. The van der Waals surface area contributed by atoms with Crippen molar-refractivity contribution in [3.05, 3.63) is 181 Å². The lowest BCUT2D eigenvalue weighted by Crippen LogP contribution is -2.42. The summed E-state index contributed by atoms with van der Waals surface area (Å²) >= 11 is 0. The van der Waals surface area contributed by atoms with Gasteiger partial charge in [-0.3, -0.25) is 9.59 Å². The van der Waals surface area contributed by atoms with Crippen molar-refractivity contribution in [2.75, 3.05) is 0 Å². The van der Waals surface area contributed by atoms with Crippen LogP contribution < -0.4 is 0 Å². The van der Waals surface area contributed by atoms with Crippen molar-refractivity contribution in [1.82, 2.24) is 23.7 Å². The third kappa shape index (κ3) is 17.6. The number of aryl methyl sites for hydroxylation is 1. The van der Waals surface area contributed by atoms with E-state index in [0.717, 1.165) is 106 Å². The Balaban J connectivity index is 0.000000158. The van der Waals surface area contributed by atoms with Crippen molar-refractivity contribution < 1.29 is 33.6 Å². The molecule has 12 heteroatoms. The molecule has 5 unspecified atom stereocenters. The van der Waals surface area contributed by atoms with E-state index in [4.69, 9.17) is 18.9 Å². The molecule has 4 saturated heterocycles. The van der Waals surface area contributed by atoms with Crippen LogP contribution >= 0.6 is 0 Å². The minimum Gasteiger partial charge on any atom is -0.389 e. The van der Waals surface area contributed by atoms with E-state index in [1.807, 2.05) is 93.8 Å². The molecule has 0 radical (unpaired) electrons. The number of nitrogens with zero attached hydrogens (tertiary/aromatic N) is 3. The highest BCUT2D eigenvalue weighted by atomic mass is 16.5. The average molecular weight is 1380 g/mol. The Morgan fingerprint density at radius 3 is 1.26 bits per heavy atom. The van der Waals surface area contributed by atoms with E-state index >= 15 is 0 Å². The summed E-state index contributed by atoms with van der Waals surface area (Å²) in [4.78, 5) is 28.0. The van der Waals surface area contributed by atoms with Crippen LogP contribution in [0, 0.1) is 71.0 Å². The number of para-hydroxylation sites is 5. The van der Waals surface area contributed by atoms with Crippen LogP contribution in [0.4, 0.5) is 0 Å². The highest BCUT2D eigenvalue weighted by Gasteiger charge is 2.43. The summed E-state index contributed by atoms with van der Waals surface area (Å²) < 4.78 is 32.2. The molecule has 548 valence electrons. The van der Waals surface area contributed by atoms with Crippen molar-refractivity contribution in [3.8, 4) is 0 Å². The molecule has 0 aliphatic carbocycles. The first-order valence-electron chi connectivity index (χ1n) is 38.6. The van der Waals surface area contributed by atoms with Gasteiger partial charge in [0.2, 0.25) is 0 Å². The number of nitrogens with one attached hydrogen (secondary N) is 2. The van der Waals surface area contributed by atoms with E-state index in [0.29, 0.717) is 83.6 Å². The quantitative estimate of drug-likeness (QED) is 0.110. The highest BCUT2D eigenvalue weighted by molar-refractivity contribution is 5.98. The number of carbonyl (C=O) groups excluding carboxylic acids is 2. The van der Waals surface area contributed by atoms with Gasteiger partial charge in [-0.25, -0.2) is 0 Å². The first-order valence-corrected chi connectivity index (χ1v) is 38.6. The minimum atomic E-state index is -0.474. The summed E-state index contributed by atoms with van der Waals surface area (Å²) in [7, 11) is 0. The number of hydrogen-bond donors (Lipinski definition) is 3. The smallest absolute Gasteiger partial charge is 0.152 e. The summed E-state index contributed by atoms with van der Waals surface area (Å²) in [6.07, 6.45) is 18.8. The number of rotatable bonds is 11. The Morgan fingerprint density at radius 2 is 0.792 bits per heavy atom. The third-order valence-electron chi connectivity index (χ3n) is 24.4. The lowest BCUT2D eigenvalue weighted by atomic mass is 9.76. The van der Waals surface area contributed by atoms with Crippen LogP contribution in [0.5, 0.6) is 0 Å². The number of hydrogen-bond acceptors (Lipinski definition) is 7. The number of aliphatic hydroxyl groups excluding tert-OH is 1. The lowest BCUT2D eigenvalue weighted by Gasteiger charge is -2.44. The molecule has 14 rings (SSSR count). The molecule has 4 aliphatic rings. The second kappa shape index (κ2) is 36.9. The Morgan fingerprint density at radius 1 is 0.406 bits per heavy atom. The molecule has 4 fully saturated rings. The molecule has 0 spiro atoms. The maximum absolute atomic E-state index is 11.4. The van der Waals surface area contributed by atoms with E-state index in [1.54, 1.807) is 6.20 Å². The number of benzene rings is 5. The van der Waals surface area contributed by atoms with Gasteiger partial charge >= 0.3 is 0 Å². The number of aromatic nitrogens is 5. The zero-order chi connectivity index (χ0) is 73.5. The zero-order valence-corrected chi connectivity index (χ0v) is 65.1. The molecular weight excluding hydrogens is 1250 g/mol. The van der Waals surface area contributed by atoms with Gasteiger partial charge in [-0.2, -0.15) is 0 Å². The second-order valence-electron chi connectivity index (χ2n) is 29.7. The van der Waals surface area contributed by atoms with Gasteiger partial charge in [-0.15, -0.1) is 0 Å². The van der Waals surface area contributed by atoms with Crippen molar-refractivity contribution in [1.29, 1.82) is 0 Å². The number of H-pyrrole nitrogens is 2. The van der Waals surface area contributed by atoms with Gasteiger partial charge in [0.05, 0.1) is 53.2 Å². The number of aliphatic hydroxyl groups is 1. The van der Waals surface area contributed by atoms with E-state index in [2.05, 4.69) is 227 Å². The molecule has 4 aliphatic heterocycles. The first kappa shape index (κ1) is 79.6. The van der Waals surface area contributed by atoms with Gasteiger partial charge in [-0.1, -0.05) is 223 Å². The van der Waals surface area contributed by atoms with Gasteiger partial charge in [-0.05, 0) is 147 Å². The van der Waals surface area contributed by atoms with E-state index in [-0.39, 0.29) is 24.8 Å². The number of aldehydes is 2. The van der Waals surface area contributed by atoms with Gasteiger partial charge in [0, 0.05) is 98.0 Å². The van der Waals surface area contributed by atoms with Crippen LogP contribution in [-0.2, 0) is 25.4 Å². The predicted octanol–water partition coefficient (Wildman–Crippen LogP) is 23.3. The van der Waals surface area contributed by atoms with Crippen LogP contribution in [0.3, 0.4) is 0 Å². The van der Waals surface area contributed by atoms with Crippen molar-refractivity contribution in [2.45, 2.75) is 233 Å². The molecule has 3 N–H and O–H groups in total. The van der Waals surface area contributed by atoms with Crippen molar-refractivity contribution >= 4 is 67.1 Å². The number of ether oxygens (including phenoxy) is 4. The topological polar surface area (TPSA) is 138 Å². The lowest BCUT2D eigenvalue weighted by molar-refractivity contribution is -0.166. The van der Waals surface area contributed by atoms with E-state index < -0.39 is 6.10 Å². The molecule has 101 heavy (non-hydrogen) atoms. The Hall–Kier alpha value is -7.06. The van der Waals surface area contributed by atoms with Crippen LogP contribution in [0.1, 0.15) is 228 Å². The molecule has 12 nitrogen and oxygen atoms in total. The molecule has 10 aromatic rings. The molecule has 0 amide bonds. The van der Waals surface area contributed by atoms with E-state index in [1.165, 1.54) is 27.4 Å². The molecular formula is C89H125N5O7. The Bertz CT molecular complexity index is 4110. The van der Waals surface area contributed by atoms with Gasteiger partial charge in [0.15, 0.2) is 12.6 Å². The predicted molar refractivity (Wildman–Crippen MR) is 422 cm³/mol. The number of carbonyl (C=O) groups is 2. The number of aromatic amines is 2. The first-order chi connectivity index (χ1) is 48.6.